The zero-order valence-corrected chi connectivity index (χ0v) is 16.3. The summed E-state index contributed by atoms with van der Waals surface area (Å²) in [5.41, 5.74) is 2.50. The molecule has 0 amide bonds. The summed E-state index contributed by atoms with van der Waals surface area (Å²) in [6, 6.07) is 17.5. The molecular weight excluding hydrogens is 364 g/mol. The van der Waals surface area contributed by atoms with Crippen LogP contribution in [0.15, 0.2) is 64.5 Å². The Kier molecular flexibility index (Phi) is 6.06. The lowest BCUT2D eigenvalue weighted by atomic mass is 9.85. The van der Waals surface area contributed by atoms with Crippen molar-refractivity contribution in [3.05, 3.63) is 65.7 Å². The van der Waals surface area contributed by atoms with Gasteiger partial charge in [0.1, 0.15) is 5.92 Å². The van der Waals surface area contributed by atoms with Crippen molar-refractivity contribution in [2.75, 3.05) is 12.9 Å². The minimum absolute atomic E-state index is 0.302. The molecule has 0 bridgehead atoms. The molecule has 0 spiro atoms. The van der Waals surface area contributed by atoms with Gasteiger partial charge in [0.15, 0.2) is 5.11 Å². The molecule has 0 aromatic heterocycles. The third-order valence-electron chi connectivity index (χ3n) is 4.21. The Hall–Kier alpha value is -2.18. The first-order chi connectivity index (χ1) is 12.6. The molecule has 3 rings (SSSR count). The van der Waals surface area contributed by atoms with Crippen molar-refractivity contribution in [3.8, 4) is 0 Å². The van der Waals surface area contributed by atoms with Crippen LogP contribution in [0.1, 0.15) is 24.1 Å². The number of thioether (sulfide) groups is 1. The first-order valence-electron chi connectivity index (χ1n) is 8.39. The van der Waals surface area contributed by atoms with Crippen LogP contribution in [0.5, 0.6) is 0 Å². The van der Waals surface area contributed by atoms with Gasteiger partial charge < -0.3 is 10.1 Å². The van der Waals surface area contributed by atoms with Gasteiger partial charge in [-0.2, -0.15) is 0 Å². The fraction of sp³-hybridized carbons (Fsp3) is 0.250. The van der Waals surface area contributed by atoms with Gasteiger partial charge in [-0.25, -0.2) is 4.99 Å². The molecule has 1 heterocycles. The van der Waals surface area contributed by atoms with E-state index in [1.165, 1.54) is 0 Å². The van der Waals surface area contributed by atoms with Gasteiger partial charge in [0.25, 0.3) is 0 Å². The van der Waals surface area contributed by atoms with Gasteiger partial charge in [0.2, 0.25) is 0 Å². The van der Waals surface area contributed by atoms with Crippen LogP contribution in [-0.2, 0) is 9.53 Å². The van der Waals surface area contributed by atoms with Gasteiger partial charge in [-0.05, 0) is 48.7 Å². The molecule has 0 aliphatic carbocycles. The van der Waals surface area contributed by atoms with Crippen molar-refractivity contribution in [1.29, 1.82) is 0 Å². The molecule has 0 saturated heterocycles. The van der Waals surface area contributed by atoms with Crippen molar-refractivity contribution in [2.45, 2.75) is 17.9 Å². The van der Waals surface area contributed by atoms with E-state index in [2.05, 4.69) is 10.3 Å². The summed E-state index contributed by atoms with van der Waals surface area (Å²) in [4.78, 5) is 18.4. The van der Waals surface area contributed by atoms with Crippen LogP contribution in [-0.4, -0.2) is 29.7 Å². The summed E-state index contributed by atoms with van der Waals surface area (Å²) < 4.78 is 5.36. The molecule has 0 saturated carbocycles. The maximum absolute atomic E-state index is 12.8. The topological polar surface area (TPSA) is 50.7 Å². The summed E-state index contributed by atoms with van der Waals surface area (Å²) in [6.45, 7) is 2.13. The lowest BCUT2D eigenvalue weighted by molar-refractivity contribution is -0.146. The van der Waals surface area contributed by atoms with Crippen molar-refractivity contribution in [3.63, 3.8) is 0 Å². The molecule has 0 fully saturated rings. The van der Waals surface area contributed by atoms with E-state index in [1.807, 2.05) is 60.9 Å². The molecular formula is C20H20N2O2S2. The zero-order valence-electron chi connectivity index (χ0n) is 14.6. The summed E-state index contributed by atoms with van der Waals surface area (Å²) in [5, 5.41) is 3.57. The maximum Gasteiger partial charge on any atom is 0.317 e. The van der Waals surface area contributed by atoms with E-state index in [4.69, 9.17) is 17.0 Å². The van der Waals surface area contributed by atoms with Crippen LogP contribution in [0.3, 0.4) is 0 Å². The summed E-state index contributed by atoms with van der Waals surface area (Å²) in [7, 11) is 0. The smallest absolute Gasteiger partial charge is 0.317 e. The molecule has 1 aliphatic heterocycles. The Morgan fingerprint density at radius 2 is 1.88 bits per heavy atom. The Morgan fingerprint density at radius 1 is 1.19 bits per heavy atom. The lowest BCUT2D eigenvalue weighted by Crippen LogP contribution is -2.45. The number of thiocarbonyl (C=S) groups is 1. The van der Waals surface area contributed by atoms with Gasteiger partial charge in [-0.3, -0.25) is 4.79 Å². The van der Waals surface area contributed by atoms with Crippen molar-refractivity contribution in [1.82, 2.24) is 5.32 Å². The number of carbonyl (C=O) groups excluding carboxylic acids is 1. The Balaban J connectivity index is 2.06. The molecule has 134 valence electrons. The second-order valence-corrected chi connectivity index (χ2v) is 7.06. The number of esters is 1. The number of hydrogen-bond acceptors (Lipinski definition) is 4. The van der Waals surface area contributed by atoms with Crippen molar-refractivity contribution >= 4 is 40.8 Å². The fourth-order valence-electron chi connectivity index (χ4n) is 3.01. The Labute approximate surface area is 163 Å². The number of ether oxygens (including phenoxy) is 1. The lowest BCUT2D eigenvalue weighted by Gasteiger charge is -2.32. The SMILES string of the molecule is CCOC(=O)C1C(c2ccccc2)=NC(=S)NC1c1ccc(SC)cc1. The highest BCUT2D eigenvalue weighted by Crippen LogP contribution is 2.31. The van der Waals surface area contributed by atoms with Gasteiger partial charge in [-0.15, -0.1) is 11.8 Å². The normalized spacial score (nSPS) is 19.5. The molecule has 2 aromatic carbocycles. The summed E-state index contributed by atoms with van der Waals surface area (Å²) in [6.07, 6.45) is 2.03. The highest BCUT2D eigenvalue weighted by atomic mass is 32.2. The number of carbonyl (C=O) groups is 1. The Bertz CT molecular complexity index is 819. The van der Waals surface area contributed by atoms with Gasteiger partial charge in [0, 0.05) is 4.90 Å². The highest BCUT2D eigenvalue weighted by Gasteiger charge is 2.39. The fourth-order valence-corrected chi connectivity index (χ4v) is 3.64. The second kappa shape index (κ2) is 8.47. The van der Waals surface area contributed by atoms with Gasteiger partial charge >= 0.3 is 5.97 Å². The van der Waals surface area contributed by atoms with Crippen LogP contribution < -0.4 is 5.32 Å². The quantitative estimate of drug-likeness (QED) is 0.480. The standard InChI is InChI=1S/C20H20N2O2S2/c1-3-24-19(23)16-17(13-7-5-4-6-8-13)21-20(25)22-18(16)14-9-11-15(26-2)12-10-14/h4-12,16,18H,3H2,1-2H3,(H,22,25). The van der Waals surface area contributed by atoms with Gasteiger partial charge in [-0.1, -0.05) is 42.5 Å². The number of aliphatic imine (C=N–C) groups is 1. The molecule has 4 nitrogen and oxygen atoms in total. The number of rotatable bonds is 5. The number of nitrogens with zero attached hydrogens (tertiary/aromatic N) is 1. The zero-order chi connectivity index (χ0) is 18.5. The average Bonchev–Trinajstić information content (AvgIpc) is 2.68. The molecule has 6 heteroatoms. The molecule has 1 N–H and O–H groups in total. The van der Waals surface area contributed by atoms with E-state index in [0.29, 0.717) is 17.4 Å². The van der Waals surface area contributed by atoms with E-state index in [0.717, 1.165) is 16.0 Å². The Morgan fingerprint density at radius 3 is 2.50 bits per heavy atom. The van der Waals surface area contributed by atoms with Crippen LogP contribution in [0.2, 0.25) is 0 Å². The predicted molar refractivity (Wildman–Crippen MR) is 110 cm³/mol. The van der Waals surface area contributed by atoms with Gasteiger partial charge in [0.05, 0.1) is 18.4 Å². The summed E-state index contributed by atoms with van der Waals surface area (Å²) >= 11 is 7.03. The number of nitrogens with one attached hydrogen (secondary N) is 1. The van der Waals surface area contributed by atoms with Crippen LogP contribution in [0.25, 0.3) is 0 Å². The van der Waals surface area contributed by atoms with Crippen LogP contribution >= 0.6 is 24.0 Å². The third kappa shape index (κ3) is 3.97. The average molecular weight is 385 g/mol. The molecule has 1 aliphatic rings. The van der Waals surface area contributed by atoms with Crippen LogP contribution in [0.4, 0.5) is 0 Å². The summed E-state index contributed by atoms with van der Waals surface area (Å²) in [5.74, 6) is -0.867. The third-order valence-corrected chi connectivity index (χ3v) is 5.17. The van der Waals surface area contributed by atoms with E-state index >= 15 is 0 Å². The van der Waals surface area contributed by atoms with E-state index < -0.39 is 5.92 Å². The minimum Gasteiger partial charge on any atom is -0.465 e. The first-order valence-corrected chi connectivity index (χ1v) is 10.0. The molecule has 26 heavy (non-hydrogen) atoms. The molecule has 2 aromatic rings. The van der Waals surface area contributed by atoms with E-state index in [1.54, 1.807) is 18.7 Å². The molecule has 2 atom stereocenters. The van der Waals surface area contributed by atoms with E-state index in [-0.39, 0.29) is 12.0 Å². The number of benzene rings is 2. The number of hydrogen-bond donors (Lipinski definition) is 1. The van der Waals surface area contributed by atoms with Crippen LogP contribution in [0, 0.1) is 5.92 Å². The van der Waals surface area contributed by atoms with Crippen molar-refractivity contribution < 1.29 is 9.53 Å². The molecule has 0 radical (unpaired) electrons. The first kappa shape index (κ1) is 18.6. The monoisotopic (exact) mass is 384 g/mol. The predicted octanol–water partition coefficient (Wildman–Crippen LogP) is 4.01. The minimum atomic E-state index is -0.566. The maximum atomic E-state index is 12.8. The van der Waals surface area contributed by atoms with Crippen molar-refractivity contribution in [2.24, 2.45) is 10.9 Å². The second-order valence-electron chi connectivity index (χ2n) is 5.79. The highest BCUT2D eigenvalue weighted by molar-refractivity contribution is 7.98. The largest absolute Gasteiger partial charge is 0.465 e. The van der Waals surface area contributed by atoms with E-state index in [9.17, 15) is 4.79 Å². The molecule has 2 unspecified atom stereocenters.